The Morgan fingerprint density at radius 3 is 2.50 bits per heavy atom. The van der Waals surface area contributed by atoms with Gasteiger partial charge in [0, 0.05) is 0 Å². The summed E-state index contributed by atoms with van der Waals surface area (Å²) in [6, 6.07) is 8.36. The molecule has 0 saturated carbocycles. The van der Waals surface area contributed by atoms with E-state index in [4.69, 9.17) is 4.74 Å². The van der Waals surface area contributed by atoms with E-state index in [0.29, 0.717) is 0 Å². The Labute approximate surface area is 111 Å². The Bertz CT molecular complexity index is 495. The molecule has 0 saturated heterocycles. The Balaban J connectivity index is 2.12. The minimum Gasteiger partial charge on any atom is -0.497 e. The molecule has 96 valence electrons. The van der Waals surface area contributed by atoms with Gasteiger partial charge in [0.15, 0.2) is 0 Å². The van der Waals surface area contributed by atoms with Crippen LogP contribution in [-0.4, -0.2) is 17.3 Å². The summed E-state index contributed by atoms with van der Waals surface area (Å²) in [6.45, 7) is 4.10. The van der Waals surface area contributed by atoms with Crippen LogP contribution in [-0.2, 0) is 0 Å². The zero-order valence-corrected chi connectivity index (χ0v) is 11.6. The molecule has 1 aromatic heterocycles. The molecule has 1 unspecified atom stereocenters. The van der Waals surface area contributed by atoms with Crippen molar-refractivity contribution in [2.45, 2.75) is 26.3 Å². The number of aromatic nitrogens is 2. The van der Waals surface area contributed by atoms with Crippen molar-refractivity contribution < 1.29 is 4.74 Å². The molecule has 5 heteroatoms. The highest BCUT2D eigenvalue weighted by atomic mass is 32.1. The van der Waals surface area contributed by atoms with Gasteiger partial charge in [-0.2, -0.15) is 0 Å². The summed E-state index contributed by atoms with van der Waals surface area (Å²) in [6.07, 6.45) is 0.991. The van der Waals surface area contributed by atoms with E-state index < -0.39 is 0 Å². The smallest absolute Gasteiger partial charge is 0.206 e. The van der Waals surface area contributed by atoms with Gasteiger partial charge in [-0.1, -0.05) is 30.4 Å². The number of benzene rings is 1. The largest absolute Gasteiger partial charge is 0.497 e. The van der Waals surface area contributed by atoms with E-state index >= 15 is 0 Å². The van der Waals surface area contributed by atoms with Crippen LogP contribution < -0.4 is 10.1 Å². The molecule has 0 spiro atoms. The molecular formula is C13H17N3OS. The third kappa shape index (κ3) is 2.98. The van der Waals surface area contributed by atoms with Gasteiger partial charge in [-0.05, 0) is 31.0 Å². The fourth-order valence-electron chi connectivity index (χ4n) is 1.76. The topological polar surface area (TPSA) is 47.0 Å². The van der Waals surface area contributed by atoms with Crippen LogP contribution in [0.4, 0.5) is 5.13 Å². The highest BCUT2D eigenvalue weighted by Gasteiger charge is 2.11. The van der Waals surface area contributed by atoms with Gasteiger partial charge in [0.25, 0.3) is 0 Å². The van der Waals surface area contributed by atoms with Crippen molar-refractivity contribution in [1.82, 2.24) is 10.2 Å². The van der Waals surface area contributed by atoms with Crippen molar-refractivity contribution in [3.05, 3.63) is 34.8 Å². The minimum atomic E-state index is 0.253. The van der Waals surface area contributed by atoms with Crippen molar-refractivity contribution in [3.8, 4) is 5.75 Å². The molecule has 0 aliphatic heterocycles. The maximum atomic E-state index is 5.16. The van der Waals surface area contributed by atoms with Crippen LogP contribution in [0, 0.1) is 6.92 Å². The number of ether oxygens (including phenoxy) is 1. The summed E-state index contributed by atoms with van der Waals surface area (Å²) in [5.41, 5.74) is 1.23. The second-order valence-electron chi connectivity index (χ2n) is 4.00. The summed E-state index contributed by atoms with van der Waals surface area (Å²) >= 11 is 1.58. The molecule has 0 radical (unpaired) electrons. The molecule has 0 bridgehead atoms. The predicted octanol–water partition coefficient (Wildman–Crippen LogP) is 3.42. The first-order valence-electron chi connectivity index (χ1n) is 5.93. The second-order valence-corrected chi connectivity index (χ2v) is 5.19. The molecule has 1 N–H and O–H groups in total. The van der Waals surface area contributed by atoms with Crippen LogP contribution >= 0.6 is 11.3 Å². The number of nitrogens with one attached hydrogen (secondary N) is 1. The standard InChI is InChI=1S/C13H17N3OS/c1-4-12(14-13-16-15-9(2)18-13)10-5-7-11(17-3)8-6-10/h5-8,12H,4H2,1-3H3,(H,14,16). The number of aryl methyl sites for hydroxylation is 1. The molecule has 0 amide bonds. The summed E-state index contributed by atoms with van der Waals surface area (Å²) in [4.78, 5) is 0. The quantitative estimate of drug-likeness (QED) is 0.898. The van der Waals surface area contributed by atoms with Crippen molar-refractivity contribution in [2.75, 3.05) is 12.4 Å². The molecule has 4 nitrogen and oxygen atoms in total. The SMILES string of the molecule is CCC(Nc1nnc(C)s1)c1ccc(OC)cc1. The lowest BCUT2D eigenvalue weighted by molar-refractivity contribution is 0.414. The van der Waals surface area contributed by atoms with Crippen molar-refractivity contribution in [2.24, 2.45) is 0 Å². The van der Waals surface area contributed by atoms with Crippen LogP contribution in [0.15, 0.2) is 24.3 Å². The normalized spacial score (nSPS) is 12.2. The van der Waals surface area contributed by atoms with Gasteiger partial charge in [0.05, 0.1) is 13.2 Å². The highest BCUT2D eigenvalue weighted by Crippen LogP contribution is 2.25. The molecule has 1 atom stereocenters. The van der Waals surface area contributed by atoms with Gasteiger partial charge < -0.3 is 10.1 Å². The van der Waals surface area contributed by atoms with E-state index in [1.807, 2.05) is 19.1 Å². The number of hydrogen-bond donors (Lipinski definition) is 1. The van der Waals surface area contributed by atoms with Gasteiger partial charge in [-0.25, -0.2) is 0 Å². The van der Waals surface area contributed by atoms with Gasteiger partial charge in [0.1, 0.15) is 10.8 Å². The van der Waals surface area contributed by atoms with E-state index in [1.54, 1.807) is 18.4 Å². The summed E-state index contributed by atoms with van der Waals surface area (Å²) in [5, 5.41) is 13.4. The molecule has 2 aromatic rings. The Morgan fingerprint density at radius 1 is 1.28 bits per heavy atom. The average Bonchev–Trinajstić information content (AvgIpc) is 2.82. The fourth-order valence-corrected chi connectivity index (χ4v) is 2.41. The summed E-state index contributed by atoms with van der Waals surface area (Å²) < 4.78 is 5.16. The van der Waals surface area contributed by atoms with Crippen LogP contribution in [0.5, 0.6) is 5.75 Å². The third-order valence-corrected chi connectivity index (χ3v) is 3.52. The van der Waals surface area contributed by atoms with Crippen LogP contribution in [0.2, 0.25) is 0 Å². The molecule has 0 aliphatic rings. The third-order valence-electron chi connectivity index (χ3n) is 2.75. The van der Waals surface area contributed by atoms with E-state index in [-0.39, 0.29) is 6.04 Å². The van der Waals surface area contributed by atoms with E-state index in [1.165, 1.54) is 5.56 Å². The van der Waals surface area contributed by atoms with E-state index in [0.717, 1.165) is 22.3 Å². The van der Waals surface area contributed by atoms with Crippen molar-refractivity contribution in [1.29, 1.82) is 0 Å². The van der Waals surface area contributed by atoms with Gasteiger partial charge in [-0.3, -0.25) is 0 Å². The summed E-state index contributed by atoms with van der Waals surface area (Å²) in [7, 11) is 1.68. The second kappa shape index (κ2) is 5.82. The van der Waals surface area contributed by atoms with Crippen LogP contribution in [0.1, 0.15) is 30.0 Å². The minimum absolute atomic E-state index is 0.253. The van der Waals surface area contributed by atoms with Gasteiger partial charge >= 0.3 is 0 Å². The van der Waals surface area contributed by atoms with Gasteiger partial charge in [0.2, 0.25) is 5.13 Å². The number of hydrogen-bond acceptors (Lipinski definition) is 5. The lowest BCUT2D eigenvalue weighted by atomic mass is 10.0. The Hall–Kier alpha value is -1.62. The van der Waals surface area contributed by atoms with Crippen LogP contribution in [0.25, 0.3) is 0 Å². The van der Waals surface area contributed by atoms with E-state index in [2.05, 4.69) is 34.6 Å². The first kappa shape index (κ1) is 12.8. The number of methoxy groups -OCH3 is 1. The molecule has 1 aromatic carbocycles. The molecular weight excluding hydrogens is 246 g/mol. The maximum absolute atomic E-state index is 5.16. The molecule has 2 rings (SSSR count). The van der Waals surface area contributed by atoms with Gasteiger partial charge in [-0.15, -0.1) is 10.2 Å². The number of anilines is 1. The van der Waals surface area contributed by atoms with Crippen molar-refractivity contribution >= 4 is 16.5 Å². The average molecular weight is 263 g/mol. The molecule has 0 fully saturated rings. The monoisotopic (exact) mass is 263 g/mol. The first-order chi connectivity index (χ1) is 8.72. The van der Waals surface area contributed by atoms with Crippen LogP contribution in [0.3, 0.4) is 0 Å². The number of rotatable bonds is 5. The lowest BCUT2D eigenvalue weighted by Crippen LogP contribution is -2.09. The molecule has 0 aliphatic carbocycles. The zero-order chi connectivity index (χ0) is 13.0. The highest BCUT2D eigenvalue weighted by molar-refractivity contribution is 7.15. The number of nitrogens with zero attached hydrogens (tertiary/aromatic N) is 2. The fraction of sp³-hybridized carbons (Fsp3) is 0.385. The molecule has 18 heavy (non-hydrogen) atoms. The lowest BCUT2D eigenvalue weighted by Gasteiger charge is -2.16. The zero-order valence-electron chi connectivity index (χ0n) is 10.8. The Kier molecular flexibility index (Phi) is 4.15. The molecule has 1 heterocycles. The maximum Gasteiger partial charge on any atom is 0.206 e. The first-order valence-corrected chi connectivity index (χ1v) is 6.75. The van der Waals surface area contributed by atoms with Crippen molar-refractivity contribution in [3.63, 3.8) is 0 Å². The Morgan fingerprint density at radius 2 is 2.00 bits per heavy atom. The summed E-state index contributed by atoms with van der Waals surface area (Å²) in [5.74, 6) is 0.875. The predicted molar refractivity (Wildman–Crippen MR) is 74.3 cm³/mol. The van der Waals surface area contributed by atoms with E-state index in [9.17, 15) is 0 Å².